The monoisotopic (exact) mass is 218 g/mol. The van der Waals surface area contributed by atoms with Crippen molar-refractivity contribution in [2.24, 2.45) is 0 Å². The van der Waals surface area contributed by atoms with E-state index in [-0.39, 0.29) is 18.2 Å². The van der Waals surface area contributed by atoms with E-state index < -0.39 is 0 Å². The van der Waals surface area contributed by atoms with Gasteiger partial charge in [0.15, 0.2) is 0 Å². The molecule has 0 heterocycles. The average molecular weight is 218 g/mol. The van der Waals surface area contributed by atoms with Crippen molar-refractivity contribution in [1.82, 2.24) is 10.2 Å². The first kappa shape index (κ1) is 14.2. The van der Waals surface area contributed by atoms with Gasteiger partial charge in [-0.15, -0.1) is 0 Å². The third-order valence-electron chi connectivity index (χ3n) is 1.70. The van der Waals surface area contributed by atoms with Crippen molar-refractivity contribution in [3.8, 4) is 0 Å². The highest BCUT2D eigenvalue weighted by Gasteiger charge is 2.18. The molecular formula is C10H22N2O3. The molecule has 0 rings (SSSR count). The molecular weight excluding hydrogens is 196 g/mol. The number of ether oxygens (including phenoxy) is 1. The first-order chi connectivity index (χ1) is 6.90. The molecule has 0 unspecified atom stereocenters. The number of hydrogen-bond acceptors (Lipinski definition) is 3. The molecule has 0 aromatic rings. The van der Waals surface area contributed by atoms with Crippen LogP contribution in [0.2, 0.25) is 0 Å². The number of carbonyl (C=O) groups excluding carboxylic acids is 1. The lowest BCUT2D eigenvalue weighted by atomic mass is 10.1. The molecule has 0 saturated heterocycles. The fourth-order valence-electron chi connectivity index (χ4n) is 1.04. The minimum atomic E-state index is -0.266. The highest BCUT2D eigenvalue weighted by Crippen LogP contribution is 2.01. The van der Waals surface area contributed by atoms with Crippen LogP contribution in [0.4, 0.5) is 4.79 Å². The fourth-order valence-corrected chi connectivity index (χ4v) is 1.04. The summed E-state index contributed by atoms with van der Waals surface area (Å²) in [5, 5.41) is 11.7. The predicted molar refractivity (Wildman–Crippen MR) is 58.8 cm³/mol. The number of carbonyl (C=O) groups is 1. The number of rotatable bonds is 5. The highest BCUT2D eigenvalue weighted by atomic mass is 16.5. The van der Waals surface area contributed by atoms with Gasteiger partial charge in [-0.3, -0.25) is 0 Å². The highest BCUT2D eigenvalue weighted by molar-refractivity contribution is 5.74. The minimum absolute atomic E-state index is 0.0404. The summed E-state index contributed by atoms with van der Waals surface area (Å²) < 4.78 is 4.90. The minimum Gasteiger partial charge on any atom is -0.395 e. The maximum absolute atomic E-state index is 11.7. The van der Waals surface area contributed by atoms with E-state index in [4.69, 9.17) is 9.84 Å². The molecule has 0 atom stereocenters. The van der Waals surface area contributed by atoms with Crippen LogP contribution >= 0.6 is 0 Å². The molecule has 0 aliphatic rings. The summed E-state index contributed by atoms with van der Waals surface area (Å²) in [4.78, 5) is 13.2. The molecule has 2 N–H and O–H groups in total. The number of hydrogen-bond donors (Lipinski definition) is 2. The van der Waals surface area contributed by atoms with Crippen molar-refractivity contribution in [1.29, 1.82) is 0 Å². The van der Waals surface area contributed by atoms with Crippen LogP contribution in [0.15, 0.2) is 0 Å². The van der Waals surface area contributed by atoms with Gasteiger partial charge < -0.3 is 20.1 Å². The lowest BCUT2D eigenvalue weighted by molar-refractivity contribution is 0.132. The number of aliphatic hydroxyl groups is 1. The van der Waals surface area contributed by atoms with Crippen molar-refractivity contribution in [2.75, 3.05) is 33.4 Å². The number of aliphatic hydroxyl groups excluding tert-OH is 1. The largest absolute Gasteiger partial charge is 0.395 e. The first-order valence-electron chi connectivity index (χ1n) is 5.07. The topological polar surface area (TPSA) is 61.8 Å². The van der Waals surface area contributed by atoms with E-state index in [0.717, 1.165) is 0 Å². The normalized spacial score (nSPS) is 11.3. The second-order valence-corrected chi connectivity index (χ2v) is 4.38. The summed E-state index contributed by atoms with van der Waals surface area (Å²) in [5.74, 6) is 0. The summed E-state index contributed by atoms with van der Waals surface area (Å²) in [6, 6.07) is -0.173. The summed E-state index contributed by atoms with van der Waals surface area (Å²) in [6.45, 7) is 6.98. The third-order valence-corrected chi connectivity index (χ3v) is 1.70. The lowest BCUT2D eigenvalue weighted by Gasteiger charge is -2.27. The molecule has 0 aliphatic carbocycles. The van der Waals surface area contributed by atoms with Crippen LogP contribution in [0.1, 0.15) is 20.8 Å². The number of amides is 2. The Morgan fingerprint density at radius 1 is 1.40 bits per heavy atom. The molecule has 0 saturated carbocycles. The summed E-state index contributed by atoms with van der Waals surface area (Å²) in [6.07, 6.45) is 0. The van der Waals surface area contributed by atoms with Crippen LogP contribution in [-0.4, -0.2) is 55.0 Å². The van der Waals surface area contributed by atoms with Crippen molar-refractivity contribution >= 4 is 6.03 Å². The van der Waals surface area contributed by atoms with E-state index in [1.54, 1.807) is 7.11 Å². The van der Waals surface area contributed by atoms with Gasteiger partial charge in [-0.1, -0.05) is 0 Å². The van der Waals surface area contributed by atoms with Crippen molar-refractivity contribution in [3.05, 3.63) is 0 Å². The number of urea groups is 1. The smallest absolute Gasteiger partial charge is 0.317 e. The van der Waals surface area contributed by atoms with Gasteiger partial charge in [0.25, 0.3) is 0 Å². The second kappa shape index (κ2) is 6.63. The maximum Gasteiger partial charge on any atom is 0.317 e. The molecule has 0 spiro atoms. The Hall–Kier alpha value is -0.810. The molecule has 0 fully saturated rings. The van der Waals surface area contributed by atoms with Gasteiger partial charge in [0.1, 0.15) is 0 Å². The molecule has 0 radical (unpaired) electrons. The van der Waals surface area contributed by atoms with Crippen molar-refractivity contribution in [3.63, 3.8) is 0 Å². The van der Waals surface area contributed by atoms with E-state index >= 15 is 0 Å². The Bertz CT molecular complexity index is 190. The van der Waals surface area contributed by atoms with Gasteiger partial charge in [-0.05, 0) is 20.8 Å². The van der Waals surface area contributed by atoms with Crippen LogP contribution in [0.5, 0.6) is 0 Å². The predicted octanol–water partition coefficient (Wildman–Crippen LogP) is 0.435. The SMILES string of the molecule is COCCN(CCO)C(=O)NC(C)(C)C. The van der Waals surface area contributed by atoms with E-state index in [0.29, 0.717) is 19.7 Å². The zero-order valence-corrected chi connectivity index (χ0v) is 10.0. The van der Waals surface area contributed by atoms with Gasteiger partial charge >= 0.3 is 6.03 Å². The summed E-state index contributed by atoms with van der Waals surface area (Å²) >= 11 is 0. The number of nitrogens with one attached hydrogen (secondary N) is 1. The van der Waals surface area contributed by atoms with Crippen molar-refractivity contribution < 1.29 is 14.6 Å². The van der Waals surface area contributed by atoms with Crippen LogP contribution in [0.25, 0.3) is 0 Å². The molecule has 90 valence electrons. The van der Waals surface area contributed by atoms with Gasteiger partial charge in [-0.2, -0.15) is 0 Å². The Labute approximate surface area is 91.4 Å². The fraction of sp³-hybridized carbons (Fsp3) is 0.900. The standard InChI is InChI=1S/C10H22N2O3/c1-10(2,3)11-9(14)12(5-7-13)6-8-15-4/h13H,5-8H2,1-4H3,(H,11,14). The van der Waals surface area contributed by atoms with Crippen molar-refractivity contribution in [2.45, 2.75) is 26.3 Å². The molecule has 0 aliphatic heterocycles. The summed E-state index contributed by atoms with van der Waals surface area (Å²) in [5.41, 5.74) is -0.266. The van der Waals surface area contributed by atoms with Gasteiger partial charge in [0, 0.05) is 25.7 Å². The lowest BCUT2D eigenvalue weighted by Crippen LogP contribution is -2.50. The quantitative estimate of drug-likeness (QED) is 0.703. The Kier molecular flexibility index (Phi) is 6.27. The van der Waals surface area contributed by atoms with Gasteiger partial charge in [0.05, 0.1) is 13.2 Å². The molecule has 5 heteroatoms. The molecule has 5 nitrogen and oxygen atoms in total. The Morgan fingerprint density at radius 3 is 2.40 bits per heavy atom. The van der Waals surface area contributed by atoms with E-state index in [9.17, 15) is 4.79 Å². The molecule has 0 aromatic heterocycles. The number of methoxy groups -OCH3 is 1. The molecule has 0 bridgehead atoms. The molecule has 15 heavy (non-hydrogen) atoms. The average Bonchev–Trinajstić information content (AvgIpc) is 2.09. The van der Waals surface area contributed by atoms with Gasteiger partial charge in [0.2, 0.25) is 0 Å². The Balaban J connectivity index is 4.15. The zero-order valence-electron chi connectivity index (χ0n) is 10.0. The molecule has 2 amide bonds. The molecule has 0 aromatic carbocycles. The van der Waals surface area contributed by atoms with Crippen LogP contribution in [0.3, 0.4) is 0 Å². The second-order valence-electron chi connectivity index (χ2n) is 4.38. The Morgan fingerprint density at radius 2 is 2.00 bits per heavy atom. The van der Waals surface area contributed by atoms with Crippen LogP contribution < -0.4 is 5.32 Å². The maximum atomic E-state index is 11.7. The third kappa shape index (κ3) is 7.16. The van der Waals surface area contributed by atoms with Crippen LogP contribution in [0, 0.1) is 0 Å². The number of nitrogens with zero attached hydrogens (tertiary/aromatic N) is 1. The van der Waals surface area contributed by atoms with Gasteiger partial charge in [-0.25, -0.2) is 4.79 Å². The first-order valence-corrected chi connectivity index (χ1v) is 5.07. The summed E-state index contributed by atoms with van der Waals surface area (Å²) in [7, 11) is 1.58. The van der Waals surface area contributed by atoms with Crippen LogP contribution in [-0.2, 0) is 4.74 Å². The zero-order chi connectivity index (χ0) is 11.9. The van der Waals surface area contributed by atoms with E-state index in [1.165, 1.54) is 4.90 Å². The van der Waals surface area contributed by atoms with E-state index in [2.05, 4.69) is 5.32 Å². The van der Waals surface area contributed by atoms with E-state index in [1.807, 2.05) is 20.8 Å².